The summed E-state index contributed by atoms with van der Waals surface area (Å²) in [6.45, 7) is 2.85. The van der Waals surface area contributed by atoms with E-state index in [0.717, 1.165) is 24.3 Å². The average molecular weight is 447 g/mol. The van der Waals surface area contributed by atoms with E-state index in [9.17, 15) is 4.79 Å². The largest absolute Gasteiger partial charge is 0.494 e. The van der Waals surface area contributed by atoms with Crippen LogP contribution < -0.4 is 29.6 Å². The number of anilines is 1. The lowest BCUT2D eigenvalue weighted by atomic mass is 10.1. The van der Waals surface area contributed by atoms with Crippen molar-refractivity contribution in [2.75, 3.05) is 33.3 Å². The maximum absolute atomic E-state index is 12.7. The van der Waals surface area contributed by atoms with Crippen LogP contribution in [-0.2, 0) is 0 Å². The molecule has 0 aliphatic carbocycles. The molecule has 2 aromatic carbocycles. The van der Waals surface area contributed by atoms with Crippen LogP contribution in [0, 0.1) is 0 Å². The van der Waals surface area contributed by atoms with Crippen molar-refractivity contribution in [2.24, 2.45) is 0 Å². The average Bonchev–Trinajstić information content (AvgIpc) is 2.77. The number of nitrogens with one attached hydrogen (secondary N) is 2. The number of methoxy groups -OCH3 is 3. The Morgan fingerprint density at radius 2 is 1.68 bits per heavy atom. The Hall–Kier alpha value is -3.00. The third-order valence-corrected chi connectivity index (χ3v) is 4.72. The molecular formula is C23H30N2O5S. The van der Waals surface area contributed by atoms with E-state index in [-0.39, 0.29) is 5.11 Å². The molecule has 168 valence electrons. The smallest absolute Gasteiger partial charge is 0.257 e. The van der Waals surface area contributed by atoms with Gasteiger partial charge in [0.2, 0.25) is 5.75 Å². The van der Waals surface area contributed by atoms with Crippen molar-refractivity contribution in [1.29, 1.82) is 0 Å². The number of benzene rings is 2. The topological polar surface area (TPSA) is 78.1 Å². The first kappa shape index (κ1) is 24.3. The zero-order chi connectivity index (χ0) is 22.6. The maximum atomic E-state index is 12.7. The Balaban J connectivity index is 1.98. The minimum absolute atomic E-state index is 0.166. The second kappa shape index (κ2) is 12.6. The fourth-order valence-corrected chi connectivity index (χ4v) is 3.14. The highest BCUT2D eigenvalue weighted by Crippen LogP contribution is 2.38. The maximum Gasteiger partial charge on any atom is 0.257 e. The quantitative estimate of drug-likeness (QED) is 0.379. The normalized spacial score (nSPS) is 10.2. The van der Waals surface area contributed by atoms with Crippen molar-refractivity contribution in [3.63, 3.8) is 0 Å². The Labute approximate surface area is 189 Å². The summed E-state index contributed by atoms with van der Waals surface area (Å²) < 4.78 is 21.6. The number of carbonyl (C=O) groups is 1. The van der Waals surface area contributed by atoms with Crippen LogP contribution >= 0.6 is 12.2 Å². The SMILES string of the molecule is CCCCCCOc1cccc(NC(=S)NC(=O)c2cc(OC)c(OC)c(OC)c2)c1. The van der Waals surface area contributed by atoms with Gasteiger partial charge in [0.15, 0.2) is 16.6 Å². The second-order valence-corrected chi connectivity index (χ2v) is 7.17. The van der Waals surface area contributed by atoms with Crippen LogP contribution in [0.4, 0.5) is 5.69 Å². The molecule has 7 nitrogen and oxygen atoms in total. The van der Waals surface area contributed by atoms with Gasteiger partial charge in [-0.15, -0.1) is 0 Å². The first-order valence-electron chi connectivity index (χ1n) is 10.2. The second-order valence-electron chi connectivity index (χ2n) is 6.76. The first-order chi connectivity index (χ1) is 15.0. The number of unbranched alkanes of at least 4 members (excludes halogenated alkanes) is 3. The molecule has 0 radical (unpaired) electrons. The molecule has 0 aromatic heterocycles. The summed E-state index contributed by atoms with van der Waals surface area (Å²) in [5.74, 6) is 1.53. The molecule has 8 heteroatoms. The monoisotopic (exact) mass is 446 g/mol. The van der Waals surface area contributed by atoms with Crippen LogP contribution in [0.3, 0.4) is 0 Å². The van der Waals surface area contributed by atoms with E-state index >= 15 is 0 Å². The molecule has 2 rings (SSSR count). The van der Waals surface area contributed by atoms with Crippen LogP contribution in [-0.4, -0.2) is 39.0 Å². The van der Waals surface area contributed by atoms with Crippen molar-refractivity contribution in [1.82, 2.24) is 5.32 Å². The summed E-state index contributed by atoms with van der Waals surface area (Å²) in [6.07, 6.45) is 4.59. The first-order valence-corrected chi connectivity index (χ1v) is 10.6. The van der Waals surface area contributed by atoms with E-state index in [2.05, 4.69) is 17.6 Å². The highest BCUT2D eigenvalue weighted by molar-refractivity contribution is 7.80. The lowest BCUT2D eigenvalue weighted by Gasteiger charge is -2.15. The predicted molar refractivity (Wildman–Crippen MR) is 126 cm³/mol. The van der Waals surface area contributed by atoms with Gasteiger partial charge in [0.25, 0.3) is 5.91 Å². The summed E-state index contributed by atoms with van der Waals surface area (Å²) in [6, 6.07) is 10.6. The summed E-state index contributed by atoms with van der Waals surface area (Å²) in [4.78, 5) is 12.7. The minimum atomic E-state index is -0.403. The zero-order valence-corrected chi connectivity index (χ0v) is 19.3. The number of amides is 1. The Kier molecular flexibility index (Phi) is 9.90. The molecule has 0 saturated heterocycles. The highest BCUT2D eigenvalue weighted by Gasteiger charge is 2.17. The van der Waals surface area contributed by atoms with E-state index in [1.54, 1.807) is 12.1 Å². The molecule has 2 N–H and O–H groups in total. The van der Waals surface area contributed by atoms with E-state index in [0.29, 0.717) is 29.4 Å². The van der Waals surface area contributed by atoms with Crippen molar-refractivity contribution >= 4 is 28.9 Å². The van der Waals surface area contributed by atoms with Gasteiger partial charge < -0.3 is 24.3 Å². The molecule has 0 fully saturated rings. The van der Waals surface area contributed by atoms with Crippen molar-refractivity contribution in [3.05, 3.63) is 42.0 Å². The molecule has 0 saturated carbocycles. The van der Waals surface area contributed by atoms with Gasteiger partial charge in [-0.3, -0.25) is 10.1 Å². The van der Waals surface area contributed by atoms with E-state index in [4.69, 9.17) is 31.2 Å². The van der Waals surface area contributed by atoms with Crippen LogP contribution in [0.25, 0.3) is 0 Å². The molecule has 0 heterocycles. The molecule has 1 amide bonds. The van der Waals surface area contributed by atoms with Gasteiger partial charge in [-0.05, 0) is 42.9 Å². The number of rotatable bonds is 11. The van der Waals surface area contributed by atoms with Crippen LogP contribution in [0.2, 0.25) is 0 Å². The summed E-state index contributed by atoms with van der Waals surface area (Å²) in [5.41, 5.74) is 1.05. The van der Waals surface area contributed by atoms with Gasteiger partial charge in [-0.1, -0.05) is 32.3 Å². The standard InChI is InChI=1S/C23H30N2O5S/c1-5-6-7-8-12-30-18-11-9-10-17(15-18)24-23(31)25-22(26)16-13-19(27-2)21(29-4)20(14-16)28-3/h9-11,13-15H,5-8,12H2,1-4H3,(H2,24,25,26,31). The minimum Gasteiger partial charge on any atom is -0.494 e. The molecule has 2 aromatic rings. The van der Waals surface area contributed by atoms with Crippen molar-refractivity contribution in [3.8, 4) is 23.0 Å². The van der Waals surface area contributed by atoms with Crippen molar-refractivity contribution in [2.45, 2.75) is 32.6 Å². The van der Waals surface area contributed by atoms with Gasteiger partial charge in [0.1, 0.15) is 5.75 Å². The van der Waals surface area contributed by atoms with Gasteiger partial charge >= 0.3 is 0 Å². The Morgan fingerprint density at radius 3 is 2.29 bits per heavy atom. The zero-order valence-electron chi connectivity index (χ0n) is 18.4. The Bertz CT molecular complexity index is 863. The number of carbonyl (C=O) groups excluding carboxylic acids is 1. The number of thiocarbonyl (C=S) groups is 1. The summed E-state index contributed by atoms with van der Waals surface area (Å²) in [5, 5.41) is 5.83. The molecule has 0 spiro atoms. The van der Waals surface area contributed by atoms with Gasteiger partial charge in [0.05, 0.1) is 27.9 Å². The van der Waals surface area contributed by atoms with Crippen molar-refractivity contribution < 1.29 is 23.7 Å². The van der Waals surface area contributed by atoms with Crippen LogP contribution in [0.5, 0.6) is 23.0 Å². The number of hydrogen-bond donors (Lipinski definition) is 2. The third kappa shape index (κ3) is 7.32. The van der Waals surface area contributed by atoms with E-state index in [1.807, 2.05) is 24.3 Å². The van der Waals surface area contributed by atoms with Gasteiger partial charge in [-0.25, -0.2) is 0 Å². The molecule has 0 bridgehead atoms. The van der Waals surface area contributed by atoms with Crippen LogP contribution in [0.15, 0.2) is 36.4 Å². The molecule has 31 heavy (non-hydrogen) atoms. The van der Waals surface area contributed by atoms with Crippen LogP contribution in [0.1, 0.15) is 43.0 Å². The molecule has 0 aliphatic heterocycles. The Morgan fingerprint density at radius 1 is 0.968 bits per heavy atom. The third-order valence-electron chi connectivity index (χ3n) is 4.51. The van der Waals surface area contributed by atoms with E-state index in [1.165, 1.54) is 34.2 Å². The highest BCUT2D eigenvalue weighted by atomic mass is 32.1. The fourth-order valence-electron chi connectivity index (χ4n) is 2.93. The fraction of sp³-hybridized carbons (Fsp3) is 0.391. The van der Waals surface area contributed by atoms with E-state index < -0.39 is 5.91 Å². The number of hydrogen-bond acceptors (Lipinski definition) is 6. The summed E-state index contributed by atoms with van der Waals surface area (Å²) in [7, 11) is 4.48. The number of ether oxygens (including phenoxy) is 4. The van der Waals surface area contributed by atoms with Gasteiger partial charge in [0, 0.05) is 17.3 Å². The van der Waals surface area contributed by atoms with Gasteiger partial charge in [-0.2, -0.15) is 0 Å². The lowest BCUT2D eigenvalue weighted by molar-refractivity contribution is 0.0977. The molecule has 0 atom stereocenters. The summed E-state index contributed by atoms with van der Waals surface area (Å²) >= 11 is 5.29. The molecular weight excluding hydrogens is 416 g/mol. The predicted octanol–water partition coefficient (Wildman–Crippen LogP) is 4.80. The lowest BCUT2D eigenvalue weighted by Crippen LogP contribution is -2.34. The molecule has 0 aliphatic rings. The molecule has 0 unspecified atom stereocenters.